The normalized spacial score (nSPS) is 11.4. The predicted octanol–water partition coefficient (Wildman–Crippen LogP) is 3.93. The third-order valence-electron chi connectivity index (χ3n) is 3.24. The summed E-state index contributed by atoms with van der Waals surface area (Å²) in [5.74, 6) is -0.870. The molecule has 2 aromatic carbocycles. The van der Waals surface area contributed by atoms with Gasteiger partial charge in [0, 0.05) is 5.56 Å². The number of carbonyl (C=O) groups is 2. The van der Waals surface area contributed by atoms with E-state index >= 15 is 0 Å². The third kappa shape index (κ3) is 6.35. The first-order valence-electron chi connectivity index (χ1n) is 7.74. The van der Waals surface area contributed by atoms with E-state index in [1.54, 1.807) is 0 Å². The molecule has 7 heteroatoms. The molecule has 2 rings (SSSR count). The fourth-order valence-corrected chi connectivity index (χ4v) is 2.29. The molecule has 2 aromatic rings. The SMILES string of the molecule is CC(C=NNC(=O)CNC(=O)c1ccc(Cl)c(Cl)c1)=Cc1ccccc1. The second kappa shape index (κ2) is 9.75. The molecule has 5 nitrogen and oxygen atoms in total. The second-order valence-electron chi connectivity index (χ2n) is 5.40. The number of nitrogens with one attached hydrogen (secondary N) is 2. The number of halogens is 2. The van der Waals surface area contributed by atoms with E-state index in [9.17, 15) is 9.59 Å². The lowest BCUT2D eigenvalue weighted by molar-refractivity contribution is -0.120. The van der Waals surface area contributed by atoms with E-state index in [2.05, 4.69) is 15.8 Å². The maximum absolute atomic E-state index is 12.0. The average molecular weight is 390 g/mol. The predicted molar refractivity (Wildman–Crippen MR) is 106 cm³/mol. The Balaban J connectivity index is 1.80. The van der Waals surface area contributed by atoms with Crippen LogP contribution < -0.4 is 10.7 Å². The maximum Gasteiger partial charge on any atom is 0.259 e. The van der Waals surface area contributed by atoms with Crippen LogP contribution in [0, 0.1) is 0 Å². The molecule has 2 amide bonds. The molecule has 0 saturated carbocycles. The third-order valence-corrected chi connectivity index (χ3v) is 3.98. The molecule has 0 aliphatic rings. The molecule has 0 atom stereocenters. The van der Waals surface area contributed by atoms with Crippen LogP contribution in [0.3, 0.4) is 0 Å². The zero-order valence-electron chi connectivity index (χ0n) is 14.0. The van der Waals surface area contributed by atoms with Crippen molar-refractivity contribution in [3.8, 4) is 0 Å². The highest BCUT2D eigenvalue weighted by molar-refractivity contribution is 6.42. The minimum Gasteiger partial charge on any atom is -0.343 e. The van der Waals surface area contributed by atoms with Gasteiger partial charge in [0.15, 0.2) is 0 Å². The molecule has 134 valence electrons. The largest absolute Gasteiger partial charge is 0.343 e. The summed E-state index contributed by atoms with van der Waals surface area (Å²) in [6.45, 7) is 1.66. The monoisotopic (exact) mass is 389 g/mol. The fraction of sp³-hybridized carbons (Fsp3) is 0.105. The van der Waals surface area contributed by atoms with Gasteiger partial charge in [0.2, 0.25) is 0 Å². The van der Waals surface area contributed by atoms with Crippen LogP contribution in [0.2, 0.25) is 10.0 Å². The Morgan fingerprint density at radius 2 is 1.81 bits per heavy atom. The molecule has 26 heavy (non-hydrogen) atoms. The van der Waals surface area contributed by atoms with Gasteiger partial charge in [-0.25, -0.2) is 5.43 Å². The number of allylic oxidation sites excluding steroid dienone is 1. The summed E-state index contributed by atoms with van der Waals surface area (Å²) in [5.41, 5.74) is 4.58. The quantitative estimate of drug-likeness (QED) is 0.580. The zero-order valence-corrected chi connectivity index (χ0v) is 15.5. The molecular formula is C19H17Cl2N3O2. The number of hydrazone groups is 1. The molecule has 0 heterocycles. The molecule has 0 aliphatic heterocycles. The number of hydrogen-bond acceptors (Lipinski definition) is 3. The van der Waals surface area contributed by atoms with Crippen LogP contribution in [0.25, 0.3) is 6.08 Å². The Bertz CT molecular complexity index is 849. The minimum absolute atomic E-state index is 0.210. The first kappa shape index (κ1) is 19.7. The number of benzene rings is 2. The van der Waals surface area contributed by atoms with Crippen molar-refractivity contribution in [2.24, 2.45) is 5.10 Å². The molecule has 0 spiro atoms. The molecule has 0 bridgehead atoms. The molecule has 0 saturated heterocycles. The first-order chi connectivity index (χ1) is 12.5. The summed E-state index contributed by atoms with van der Waals surface area (Å²) < 4.78 is 0. The lowest BCUT2D eigenvalue weighted by atomic mass is 10.1. The smallest absolute Gasteiger partial charge is 0.259 e. The Labute approximate surface area is 161 Å². The van der Waals surface area contributed by atoms with Gasteiger partial charge in [-0.2, -0.15) is 5.10 Å². The van der Waals surface area contributed by atoms with E-state index < -0.39 is 11.8 Å². The molecule has 2 N–H and O–H groups in total. The van der Waals surface area contributed by atoms with E-state index in [0.29, 0.717) is 10.6 Å². The number of nitrogens with zero attached hydrogens (tertiary/aromatic N) is 1. The Hall–Kier alpha value is -2.63. The number of amides is 2. The van der Waals surface area contributed by atoms with Crippen molar-refractivity contribution in [2.45, 2.75) is 6.92 Å². The van der Waals surface area contributed by atoms with Crippen LogP contribution in [0.4, 0.5) is 0 Å². The van der Waals surface area contributed by atoms with E-state index in [0.717, 1.165) is 11.1 Å². The minimum atomic E-state index is -0.442. The number of rotatable bonds is 6. The molecule has 0 radical (unpaired) electrons. The fourth-order valence-electron chi connectivity index (χ4n) is 2.00. The molecule has 0 aromatic heterocycles. The Morgan fingerprint density at radius 1 is 1.08 bits per heavy atom. The van der Waals surface area contributed by atoms with Crippen molar-refractivity contribution in [3.05, 3.63) is 75.3 Å². The van der Waals surface area contributed by atoms with Crippen LogP contribution in [0.5, 0.6) is 0 Å². The summed E-state index contributed by atoms with van der Waals surface area (Å²) >= 11 is 11.7. The van der Waals surface area contributed by atoms with Gasteiger partial charge in [0.1, 0.15) is 0 Å². The lowest BCUT2D eigenvalue weighted by Gasteiger charge is -2.05. The van der Waals surface area contributed by atoms with Gasteiger partial charge in [0.25, 0.3) is 11.8 Å². The Kier molecular flexibility index (Phi) is 7.38. The summed E-state index contributed by atoms with van der Waals surface area (Å²) in [4.78, 5) is 23.7. The highest BCUT2D eigenvalue weighted by Crippen LogP contribution is 2.22. The first-order valence-corrected chi connectivity index (χ1v) is 8.50. The molecule has 0 fully saturated rings. The average Bonchev–Trinajstić information content (AvgIpc) is 2.62. The van der Waals surface area contributed by atoms with Crippen molar-refractivity contribution in [3.63, 3.8) is 0 Å². The number of hydrogen-bond donors (Lipinski definition) is 2. The van der Waals surface area contributed by atoms with Gasteiger partial charge >= 0.3 is 0 Å². The molecule has 0 aliphatic carbocycles. The zero-order chi connectivity index (χ0) is 18.9. The second-order valence-corrected chi connectivity index (χ2v) is 6.22. The summed E-state index contributed by atoms with van der Waals surface area (Å²) in [6.07, 6.45) is 3.47. The van der Waals surface area contributed by atoms with Crippen molar-refractivity contribution in [1.82, 2.24) is 10.7 Å². The molecular weight excluding hydrogens is 373 g/mol. The van der Waals surface area contributed by atoms with Gasteiger partial charge in [-0.15, -0.1) is 0 Å². The van der Waals surface area contributed by atoms with Crippen LogP contribution in [-0.2, 0) is 4.79 Å². The lowest BCUT2D eigenvalue weighted by Crippen LogP contribution is -2.34. The van der Waals surface area contributed by atoms with Crippen molar-refractivity contribution >= 4 is 47.3 Å². The van der Waals surface area contributed by atoms with Crippen LogP contribution in [0.15, 0.2) is 59.2 Å². The van der Waals surface area contributed by atoms with Gasteiger partial charge in [0.05, 0.1) is 22.8 Å². The number of carbonyl (C=O) groups excluding carboxylic acids is 2. The van der Waals surface area contributed by atoms with Crippen LogP contribution in [0.1, 0.15) is 22.8 Å². The van der Waals surface area contributed by atoms with Gasteiger partial charge in [-0.3, -0.25) is 9.59 Å². The maximum atomic E-state index is 12.0. The highest BCUT2D eigenvalue weighted by atomic mass is 35.5. The van der Waals surface area contributed by atoms with Gasteiger partial charge in [-0.05, 0) is 36.3 Å². The Morgan fingerprint density at radius 3 is 2.50 bits per heavy atom. The van der Waals surface area contributed by atoms with Gasteiger partial charge in [-0.1, -0.05) is 59.6 Å². The summed E-state index contributed by atoms with van der Waals surface area (Å²) in [6, 6.07) is 14.2. The summed E-state index contributed by atoms with van der Waals surface area (Å²) in [7, 11) is 0. The van der Waals surface area contributed by atoms with E-state index in [4.69, 9.17) is 23.2 Å². The van der Waals surface area contributed by atoms with E-state index in [1.807, 2.05) is 43.3 Å². The standard InChI is InChI=1S/C19H17Cl2N3O2/c1-13(9-14-5-3-2-4-6-14)11-23-24-18(25)12-22-19(26)15-7-8-16(20)17(21)10-15/h2-11H,12H2,1H3,(H,22,26)(H,24,25). The van der Waals surface area contributed by atoms with Crippen molar-refractivity contribution < 1.29 is 9.59 Å². The highest BCUT2D eigenvalue weighted by Gasteiger charge is 2.09. The van der Waals surface area contributed by atoms with E-state index in [1.165, 1.54) is 24.4 Å². The molecule has 0 unspecified atom stereocenters. The van der Waals surface area contributed by atoms with Gasteiger partial charge < -0.3 is 5.32 Å². The van der Waals surface area contributed by atoms with Crippen molar-refractivity contribution in [2.75, 3.05) is 6.54 Å². The van der Waals surface area contributed by atoms with Crippen molar-refractivity contribution in [1.29, 1.82) is 0 Å². The van der Waals surface area contributed by atoms with E-state index in [-0.39, 0.29) is 11.6 Å². The van der Waals surface area contributed by atoms with Crippen LogP contribution >= 0.6 is 23.2 Å². The summed E-state index contributed by atoms with van der Waals surface area (Å²) in [5, 5.41) is 6.97. The topological polar surface area (TPSA) is 70.6 Å². The van der Waals surface area contributed by atoms with Crippen LogP contribution in [-0.4, -0.2) is 24.6 Å².